The SMILES string of the molecule is CC(C)(Oc1cc(C(=O)Oc2ccccc2)ccc1F)C1CCCCC1. The number of carbonyl (C=O) groups is 1. The van der Waals surface area contributed by atoms with Gasteiger partial charge in [-0.05, 0) is 62.9 Å². The molecule has 0 aromatic heterocycles. The molecule has 138 valence electrons. The second-order valence-electron chi connectivity index (χ2n) is 7.39. The Morgan fingerprint density at radius 2 is 1.73 bits per heavy atom. The lowest BCUT2D eigenvalue weighted by Gasteiger charge is -2.37. The van der Waals surface area contributed by atoms with Crippen LogP contribution in [0.3, 0.4) is 0 Å². The zero-order valence-corrected chi connectivity index (χ0v) is 15.3. The van der Waals surface area contributed by atoms with Crippen LogP contribution in [0.2, 0.25) is 0 Å². The van der Waals surface area contributed by atoms with Gasteiger partial charge in [-0.1, -0.05) is 37.5 Å². The first-order chi connectivity index (χ1) is 12.5. The van der Waals surface area contributed by atoms with Crippen molar-refractivity contribution in [1.82, 2.24) is 0 Å². The lowest BCUT2D eigenvalue weighted by Crippen LogP contribution is -2.39. The molecule has 0 radical (unpaired) electrons. The molecular formula is C22H25FO3. The minimum Gasteiger partial charge on any atom is -0.484 e. The van der Waals surface area contributed by atoms with E-state index >= 15 is 0 Å². The third-order valence-corrected chi connectivity index (χ3v) is 5.08. The average molecular weight is 356 g/mol. The van der Waals surface area contributed by atoms with Crippen LogP contribution in [0.1, 0.15) is 56.3 Å². The first-order valence-electron chi connectivity index (χ1n) is 9.21. The molecule has 0 amide bonds. The van der Waals surface area contributed by atoms with Crippen LogP contribution in [0.5, 0.6) is 11.5 Å². The molecule has 1 fully saturated rings. The first-order valence-corrected chi connectivity index (χ1v) is 9.21. The predicted octanol–water partition coefficient (Wildman–Crippen LogP) is 5.78. The molecule has 0 bridgehead atoms. The minimum atomic E-state index is -0.531. The van der Waals surface area contributed by atoms with Crippen LogP contribution < -0.4 is 9.47 Å². The summed E-state index contributed by atoms with van der Waals surface area (Å²) < 4.78 is 25.6. The van der Waals surface area contributed by atoms with Crippen molar-refractivity contribution in [3.63, 3.8) is 0 Å². The molecular weight excluding hydrogens is 331 g/mol. The van der Waals surface area contributed by atoms with E-state index in [1.54, 1.807) is 24.3 Å². The Morgan fingerprint density at radius 1 is 1.04 bits per heavy atom. The van der Waals surface area contributed by atoms with Crippen molar-refractivity contribution in [3.05, 3.63) is 59.9 Å². The average Bonchev–Trinajstić information content (AvgIpc) is 2.65. The molecule has 3 rings (SSSR count). The molecule has 1 aliphatic rings. The normalized spacial score (nSPS) is 15.5. The van der Waals surface area contributed by atoms with E-state index in [-0.39, 0.29) is 11.3 Å². The Balaban J connectivity index is 1.75. The standard InChI is InChI=1S/C22H25FO3/c1-22(2,17-9-5-3-6-10-17)26-20-15-16(13-14-19(20)23)21(24)25-18-11-7-4-8-12-18/h4,7-8,11-15,17H,3,5-6,9-10H2,1-2H3. The van der Waals surface area contributed by atoms with Crippen LogP contribution in [-0.2, 0) is 0 Å². The Bertz CT molecular complexity index is 749. The zero-order chi connectivity index (χ0) is 18.6. The number of esters is 1. The summed E-state index contributed by atoms with van der Waals surface area (Å²) in [5.74, 6) is -0.0628. The van der Waals surface area contributed by atoms with E-state index in [2.05, 4.69) is 0 Å². The van der Waals surface area contributed by atoms with Gasteiger partial charge in [0.05, 0.1) is 5.56 Å². The minimum absolute atomic E-state index is 0.100. The van der Waals surface area contributed by atoms with Crippen LogP contribution in [0.15, 0.2) is 48.5 Å². The maximum atomic E-state index is 14.3. The van der Waals surface area contributed by atoms with Gasteiger partial charge in [-0.25, -0.2) is 9.18 Å². The quantitative estimate of drug-likeness (QED) is 0.503. The number of benzene rings is 2. The van der Waals surface area contributed by atoms with E-state index in [0.29, 0.717) is 11.7 Å². The zero-order valence-electron chi connectivity index (χ0n) is 15.3. The summed E-state index contributed by atoms with van der Waals surface area (Å²) >= 11 is 0. The van der Waals surface area contributed by atoms with E-state index in [9.17, 15) is 9.18 Å². The molecule has 0 unspecified atom stereocenters. The van der Waals surface area contributed by atoms with Crippen LogP contribution in [-0.4, -0.2) is 11.6 Å². The third kappa shape index (κ3) is 4.43. The Labute approximate surface area is 154 Å². The second kappa shape index (κ2) is 7.90. The van der Waals surface area contributed by atoms with E-state index in [1.807, 2.05) is 19.9 Å². The van der Waals surface area contributed by atoms with Crippen molar-refractivity contribution < 1.29 is 18.7 Å². The molecule has 0 spiro atoms. The summed E-state index contributed by atoms with van der Waals surface area (Å²) in [6, 6.07) is 12.9. The fourth-order valence-corrected chi connectivity index (χ4v) is 3.53. The van der Waals surface area contributed by atoms with Gasteiger partial charge in [-0.3, -0.25) is 0 Å². The van der Waals surface area contributed by atoms with Crippen LogP contribution >= 0.6 is 0 Å². The Kier molecular flexibility index (Phi) is 5.60. The maximum absolute atomic E-state index is 14.3. The highest BCUT2D eigenvalue weighted by molar-refractivity contribution is 5.91. The molecule has 0 atom stereocenters. The fraction of sp³-hybridized carbons (Fsp3) is 0.409. The van der Waals surface area contributed by atoms with E-state index in [1.165, 1.54) is 37.5 Å². The molecule has 2 aromatic carbocycles. The van der Waals surface area contributed by atoms with E-state index in [0.717, 1.165) is 12.8 Å². The molecule has 0 saturated heterocycles. The number of ether oxygens (including phenoxy) is 2. The molecule has 0 aliphatic heterocycles. The number of halogens is 1. The van der Waals surface area contributed by atoms with Gasteiger partial charge in [0.1, 0.15) is 11.4 Å². The van der Waals surface area contributed by atoms with Crippen molar-refractivity contribution >= 4 is 5.97 Å². The van der Waals surface area contributed by atoms with Crippen molar-refractivity contribution in [3.8, 4) is 11.5 Å². The van der Waals surface area contributed by atoms with Gasteiger partial charge in [-0.15, -0.1) is 0 Å². The van der Waals surface area contributed by atoms with Crippen molar-refractivity contribution in [2.75, 3.05) is 0 Å². The van der Waals surface area contributed by atoms with Crippen molar-refractivity contribution in [2.24, 2.45) is 5.92 Å². The maximum Gasteiger partial charge on any atom is 0.343 e. The smallest absolute Gasteiger partial charge is 0.343 e. The van der Waals surface area contributed by atoms with Crippen molar-refractivity contribution in [1.29, 1.82) is 0 Å². The summed E-state index contributed by atoms with van der Waals surface area (Å²) in [6.07, 6.45) is 5.79. The highest BCUT2D eigenvalue weighted by Gasteiger charge is 2.33. The number of para-hydroxylation sites is 1. The summed E-state index contributed by atoms with van der Waals surface area (Å²) in [6.45, 7) is 3.99. The molecule has 1 saturated carbocycles. The molecule has 0 N–H and O–H groups in total. The summed E-state index contributed by atoms with van der Waals surface area (Å²) in [7, 11) is 0. The molecule has 4 heteroatoms. The Hall–Kier alpha value is -2.36. The number of carbonyl (C=O) groups excluding carboxylic acids is 1. The van der Waals surface area contributed by atoms with E-state index in [4.69, 9.17) is 9.47 Å². The van der Waals surface area contributed by atoms with Gasteiger partial charge in [0.2, 0.25) is 0 Å². The first kappa shape index (κ1) is 18.4. The molecule has 26 heavy (non-hydrogen) atoms. The molecule has 0 heterocycles. The van der Waals surface area contributed by atoms with Crippen LogP contribution in [0, 0.1) is 11.7 Å². The fourth-order valence-electron chi connectivity index (χ4n) is 3.53. The van der Waals surface area contributed by atoms with Gasteiger partial charge in [-0.2, -0.15) is 0 Å². The summed E-state index contributed by atoms with van der Waals surface area (Å²) in [4.78, 5) is 12.3. The topological polar surface area (TPSA) is 35.5 Å². The largest absolute Gasteiger partial charge is 0.484 e. The van der Waals surface area contributed by atoms with Gasteiger partial charge < -0.3 is 9.47 Å². The number of hydrogen-bond donors (Lipinski definition) is 0. The monoisotopic (exact) mass is 356 g/mol. The highest BCUT2D eigenvalue weighted by Crippen LogP contribution is 2.36. The number of rotatable bonds is 5. The van der Waals surface area contributed by atoms with Gasteiger partial charge in [0, 0.05) is 0 Å². The Morgan fingerprint density at radius 3 is 2.42 bits per heavy atom. The second-order valence-corrected chi connectivity index (χ2v) is 7.39. The lowest BCUT2D eigenvalue weighted by atomic mass is 9.79. The lowest BCUT2D eigenvalue weighted by molar-refractivity contribution is 0.0217. The molecule has 3 nitrogen and oxygen atoms in total. The number of hydrogen-bond acceptors (Lipinski definition) is 3. The van der Waals surface area contributed by atoms with Crippen LogP contribution in [0.4, 0.5) is 4.39 Å². The summed E-state index contributed by atoms with van der Waals surface area (Å²) in [5, 5.41) is 0. The van der Waals surface area contributed by atoms with Crippen LogP contribution in [0.25, 0.3) is 0 Å². The summed E-state index contributed by atoms with van der Waals surface area (Å²) in [5.41, 5.74) is -0.215. The van der Waals surface area contributed by atoms with Gasteiger partial charge >= 0.3 is 5.97 Å². The van der Waals surface area contributed by atoms with Gasteiger partial charge in [0.25, 0.3) is 0 Å². The van der Waals surface area contributed by atoms with E-state index < -0.39 is 17.4 Å². The molecule has 2 aromatic rings. The third-order valence-electron chi connectivity index (χ3n) is 5.08. The predicted molar refractivity (Wildman–Crippen MR) is 99.1 cm³/mol. The highest BCUT2D eigenvalue weighted by atomic mass is 19.1. The van der Waals surface area contributed by atoms with Gasteiger partial charge in [0.15, 0.2) is 11.6 Å². The van der Waals surface area contributed by atoms with Crippen molar-refractivity contribution in [2.45, 2.75) is 51.6 Å². The molecule has 1 aliphatic carbocycles.